The lowest BCUT2D eigenvalue weighted by Crippen LogP contribution is -2.29. The second-order valence-electron chi connectivity index (χ2n) is 10.2. The van der Waals surface area contributed by atoms with Crippen molar-refractivity contribution in [3.63, 3.8) is 0 Å². The Hall–Kier alpha value is -4.13. The van der Waals surface area contributed by atoms with E-state index in [4.69, 9.17) is 13.9 Å². The lowest BCUT2D eigenvalue weighted by molar-refractivity contribution is -0.138. The zero-order chi connectivity index (χ0) is 27.4. The fraction of sp³-hybridized carbons (Fsp3) is 0.323. The Morgan fingerprint density at radius 2 is 1.92 bits per heavy atom. The van der Waals surface area contributed by atoms with Gasteiger partial charge < -0.3 is 19.0 Å². The molecule has 38 heavy (non-hydrogen) atoms. The first-order valence-corrected chi connectivity index (χ1v) is 12.8. The molecule has 2 aromatic carbocycles. The topological polar surface area (TPSA) is 103 Å². The van der Waals surface area contributed by atoms with Gasteiger partial charge in [-0.2, -0.15) is 0 Å². The molecule has 198 valence electrons. The van der Waals surface area contributed by atoms with Gasteiger partial charge in [0.25, 0.3) is 0 Å². The number of carbonyl (C=O) groups excluding carboxylic acids is 2. The largest absolute Gasteiger partial charge is 0.506 e. The van der Waals surface area contributed by atoms with Crippen LogP contribution < -0.4 is 10.4 Å². The molecule has 1 aliphatic rings. The molecule has 0 saturated carbocycles. The Labute approximate surface area is 221 Å². The highest BCUT2D eigenvalue weighted by Gasteiger charge is 2.33. The number of phenolic OH excluding ortho intramolecular Hbond substituents is 1. The Morgan fingerprint density at radius 1 is 1.18 bits per heavy atom. The molecule has 1 unspecified atom stereocenters. The summed E-state index contributed by atoms with van der Waals surface area (Å²) >= 11 is 0. The SMILES string of the molecule is CCCc1cc(=O)oc2c3c(c(C(=O)CC(C)COC(=O)/C=C/c4ccccc4)c(O)c12)OC(C)(C)C=C3. The lowest BCUT2D eigenvalue weighted by Gasteiger charge is -2.30. The molecular formula is C31H32O7. The minimum Gasteiger partial charge on any atom is -0.506 e. The van der Waals surface area contributed by atoms with Crippen LogP contribution in [0.4, 0.5) is 0 Å². The molecule has 7 nitrogen and oxygen atoms in total. The van der Waals surface area contributed by atoms with E-state index in [2.05, 4.69) is 0 Å². The Morgan fingerprint density at radius 3 is 2.63 bits per heavy atom. The van der Waals surface area contributed by atoms with Gasteiger partial charge in [-0.3, -0.25) is 4.79 Å². The quantitative estimate of drug-likeness (QED) is 0.159. The number of hydrogen-bond donors (Lipinski definition) is 1. The summed E-state index contributed by atoms with van der Waals surface area (Å²) < 4.78 is 17.0. The molecule has 0 bridgehead atoms. The summed E-state index contributed by atoms with van der Waals surface area (Å²) in [6.45, 7) is 7.45. The van der Waals surface area contributed by atoms with E-state index in [0.717, 1.165) is 12.0 Å². The van der Waals surface area contributed by atoms with Crippen molar-refractivity contribution < 1.29 is 28.6 Å². The average molecular weight is 517 g/mol. The first-order chi connectivity index (χ1) is 18.1. The molecule has 1 N–H and O–H groups in total. The molecule has 1 atom stereocenters. The van der Waals surface area contributed by atoms with E-state index in [-0.39, 0.29) is 47.4 Å². The second kappa shape index (κ2) is 11.1. The molecular weight excluding hydrogens is 484 g/mol. The van der Waals surface area contributed by atoms with Crippen LogP contribution in [-0.2, 0) is 16.0 Å². The number of benzene rings is 2. The minimum absolute atomic E-state index is 0.00851. The van der Waals surface area contributed by atoms with Crippen molar-refractivity contribution in [2.75, 3.05) is 6.61 Å². The zero-order valence-corrected chi connectivity index (χ0v) is 22.1. The number of fused-ring (bicyclic) bond motifs is 3. The fourth-order valence-corrected chi connectivity index (χ4v) is 4.50. The number of Topliss-reactive ketones (excluding diaryl/α,β-unsaturated/α-hetero) is 1. The van der Waals surface area contributed by atoms with E-state index >= 15 is 0 Å². The number of phenols is 1. The fourth-order valence-electron chi connectivity index (χ4n) is 4.50. The third-order valence-corrected chi connectivity index (χ3v) is 6.30. The highest BCUT2D eigenvalue weighted by atomic mass is 16.5. The number of hydrogen-bond acceptors (Lipinski definition) is 7. The van der Waals surface area contributed by atoms with Crippen LogP contribution in [-0.4, -0.2) is 29.1 Å². The standard InChI is InChI=1S/C31H32O7/c1-5-9-21-17-25(34)37-29-22-14-15-31(3,4)38-30(22)27(28(35)26(21)29)23(32)16-19(2)18-36-24(33)13-12-20-10-7-6-8-11-20/h6-8,10-15,17,19,35H,5,9,16,18H2,1-4H3/b13-12+. The van der Waals surface area contributed by atoms with Crippen molar-refractivity contribution in [3.05, 3.63) is 81.2 Å². The third-order valence-electron chi connectivity index (χ3n) is 6.30. The van der Waals surface area contributed by atoms with Crippen LogP contribution in [0.2, 0.25) is 0 Å². The van der Waals surface area contributed by atoms with E-state index in [1.165, 1.54) is 12.1 Å². The van der Waals surface area contributed by atoms with Gasteiger partial charge in [0.05, 0.1) is 17.6 Å². The van der Waals surface area contributed by atoms with Gasteiger partial charge >= 0.3 is 11.6 Å². The maximum absolute atomic E-state index is 13.6. The molecule has 7 heteroatoms. The summed E-state index contributed by atoms with van der Waals surface area (Å²) in [7, 11) is 0. The smallest absolute Gasteiger partial charge is 0.336 e. The highest BCUT2D eigenvalue weighted by Crippen LogP contribution is 2.46. The zero-order valence-electron chi connectivity index (χ0n) is 22.1. The molecule has 0 radical (unpaired) electrons. The summed E-state index contributed by atoms with van der Waals surface area (Å²) in [6, 6.07) is 10.7. The molecule has 0 aliphatic carbocycles. The van der Waals surface area contributed by atoms with E-state index in [1.807, 2.05) is 57.2 Å². The summed E-state index contributed by atoms with van der Waals surface area (Å²) in [5, 5.41) is 11.7. The molecule has 0 saturated heterocycles. The van der Waals surface area contributed by atoms with Gasteiger partial charge in [-0.1, -0.05) is 50.6 Å². The number of aryl methyl sites for hydroxylation is 1. The van der Waals surface area contributed by atoms with Crippen molar-refractivity contribution in [2.45, 2.75) is 52.6 Å². The number of esters is 1. The van der Waals surface area contributed by atoms with Crippen molar-refractivity contribution in [1.82, 2.24) is 0 Å². The van der Waals surface area contributed by atoms with E-state index in [9.17, 15) is 19.5 Å². The van der Waals surface area contributed by atoms with Gasteiger partial charge in [0, 0.05) is 18.6 Å². The summed E-state index contributed by atoms with van der Waals surface area (Å²) in [5.74, 6) is -1.27. The minimum atomic E-state index is -0.740. The number of carbonyl (C=O) groups is 2. The van der Waals surface area contributed by atoms with Gasteiger partial charge in [0.1, 0.15) is 22.7 Å². The van der Waals surface area contributed by atoms with E-state index < -0.39 is 17.2 Å². The van der Waals surface area contributed by atoms with E-state index in [1.54, 1.807) is 19.1 Å². The first kappa shape index (κ1) is 26.9. The molecule has 3 aromatic rings. The predicted molar refractivity (Wildman–Crippen MR) is 146 cm³/mol. The normalized spacial score (nSPS) is 14.7. The van der Waals surface area contributed by atoms with Crippen LogP contribution >= 0.6 is 0 Å². The predicted octanol–water partition coefficient (Wildman–Crippen LogP) is 6.10. The van der Waals surface area contributed by atoms with Crippen molar-refractivity contribution in [2.24, 2.45) is 5.92 Å². The molecule has 4 rings (SSSR count). The van der Waals surface area contributed by atoms with Crippen molar-refractivity contribution in [3.8, 4) is 11.5 Å². The van der Waals surface area contributed by atoms with Crippen LogP contribution in [0.25, 0.3) is 23.1 Å². The molecule has 1 aromatic heterocycles. The molecule has 2 heterocycles. The summed E-state index contributed by atoms with van der Waals surface area (Å²) in [5.41, 5.74) is 0.896. The number of rotatable bonds is 9. The monoisotopic (exact) mass is 516 g/mol. The Kier molecular flexibility index (Phi) is 7.86. The maximum atomic E-state index is 13.6. The summed E-state index contributed by atoms with van der Waals surface area (Å²) in [4.78, 5) is 38.0. The van der Waals surface area contributed by atoms with Crippen LogP contribution in [0.15, 0.2) is 57.8 Å². The van der Waals surface area contributed by atoms with Crippen molar-refractivity contribution in [1.29, 1.82) is 0 Å². The summed E-state index contributed by atoms with van der Waals surface area (Å²) in [6.07, 6.45) is 7.86. The second-order valence-corrected chi connectivity index (χ2v) is 10.2. The molecule has 0 amide bonds. The lowest BCUT2D eigenvalue weighted by atomic mass is 9.90. The number of ketones is 1. The van der Waals surface area contributed by atoms with Gasteiger partial charge in [-0.25, -0.2) is 9.59 Å². The van der Waals surface area contributed by atoms with Crippen LogP contribution in [0.5, 0.6) is 11.5 Å². The first-order valence-electron chi connectivity index (χ1n) is 12.8. The molecule has 0 spiro atoms. The third kappa shape index (κ3) is 5.88. The Balaban J connectivity index is 1.61. The highest BCUT2D eigenvalue weighted by molar-refractivity contribution is 6.10. The van der Waals surface area contributed by atoms with Crippen LogP contribution in [0.3, 0.4) is 0 Å². The molecule has 0 fully saturated rings. The van der Waals surface area contributed by atoms with Crippen LogP contribution in [0.1, 0.15) is 67.6 Å². The van der Waals surface area contributed by atoms with Gasteiger partial charge in [0.15, 0.2) is 11.4 Å². The average Bonchev–Trinajstić information content (AvgIpc) is 2.86. The van der Waals surface area contributed by atoms with Gasteiger partial charge in [-0.05, 0) is 55.5 Å². The Bertz CT molecular complexity index is 1480. The van der Waals surface area contributed by atoms with Crippen LogP contribution in [0, 0.1) is 5.92 Å². The van der Waals surface area contributed by atoms with Gasteiger partial charge in [-0.15, -0.1) is 0 Å². The number of aromatic hydroxyl groups is 1. The molecule has 1 aliphatic heterocycles. The van der Waals surface area contributed by atoms with Crippen molar-refractivity contribution >= 4 is 34.9 Å². The van der Waals surface area contributed by atoms with E-state index in [0.29, 0.717) is 22.9 Å². The van der Waals surface area contributed by atoms with Gasteiger partial charge in [0.2, 0.25) is 0 Å². The maximum Gasteiger partial charge on any atom is 0.336 e. The number of ether oxygens (including phenoxy) is 2.